The Balaban J connectivity index is 2.33. The Bertz CT molecular complexity index is 543. The summed E-state index contributed by atoms with van der Waals surface area (Å²) in [6.07, 6.45) is 5.85. The number of aromatic nitrogens is 6. The molecule has 2 aromatic rings. The summed E-state index contributed by atoms with van der Waals surface area (Å²) in [5, 5.41) is 7.50. The summed E-state index contributed by atoms with van der Waals surface area (Å²) in [5.74, 6) is 0.809. The number of hydrogen-bond acceptors (Lipinski definition) is 6. The van der Waals surface area contributed by atoms with Crippen LogP contribution >= 0.6 is 11.6 Å². The monoisotopic (exact) mass is 295 g/mol. The van der Waals surface area contributed by atoms with Gasteiger partial charge in [-0.3, -0.25) is 0 Å². The van der Waals surface area contributed by atoms with Gasteiger partial charge in [-0.05, 0) is 30.9 Å². The van der Waals surface area contributed by atoms with E-state index in [4.69, 9.17) is 11.6 Å². The molecule has 0 unspecified atom stereocenters. The van der Waals surface area contributed by atoms with Gasteiger partial charge in [0.1, 0.15) is 12.7 Å². The molecule has 2 aromatic heterocycles. The van der Waals surface area contributed by atoms with Gasteiger partial charge in [0, 0.05) is 5.54 Å². The molecule has 0 aliphatic heterocycles. The van der Waals surface area contributed by atoms with Crippen molar-refractivity contribution in [1.82, 2.24) is 29.7 Å². The van der Waals surface area contributed by atoms with Crippen molar-refractivity contribution < 1.29 is 0 Å². The summed E-state index contributed by atoms with van der Waals surface area (Å²) in [5.41, 5.74) is -0.0374. The van der Waals surface area contributed by atoms with Crippen LogP contribution in [-0.2, 0) is 0 Å². The Kier molecular flexibility index (Phi) is 4.49. The first kappa shape index (κ1) is 14.6. The van der Waals surface area contributed by atoms with Crippen LogP contribution in [-0.4, -0.2) is 35.3 Å². The van der Waals surface area contributed by atoms with Gasteiger partial charge >= 0.3 is 0 Å². The highest BCUT2D eigenvalue weighted by molar-refractivity contribution is 6.28. The molecule has 0 fully saturated rings. The highest BCUT2D eigenvalue weighted by Crippen LogP contribution is 2.24. The smallest absolute Gasteiger partial charge is 0.258 e. The Morgan fingerprint density at radius 2 is 1.85 bits per heavy atom. The van der Waals surface area contributed by atoms with Crippen molar-refractivity contribution in [3.05, 3.63) is 17.9 Å². The first-order valence-electron chi connectivity index (χ1n) is 6.67. The maximum atomic E-state index is 5.96. The van der Waals surface area contributed by atoms with Gasteiger partial charge in [0.15, 0.2) is 0 Å². The highest BCUT2D eigenvalue weighted by atomic mass is 35.5. The summed E-state index contributed by atoms with van der Waals surface area (Å²) in [6.45, 7) is 6.42. The average Bonchev–Trinajstić information content (AvgIpc) is 2.98. The third-order valence-corrected chi connectivity index (χ3v) is 3.80. The largest absolute Gasteiger partial charge is 0.349 e. The Labute approximate surface area is 122 Å². The number of nitrogens with zero attached hydrogens (tertiary/aromatic N) is 6. The quantitative estimate of drug-likeness (QED) is 0.881. The molecule has 0 aromatic carbocycles. The van der Waals surface area contributed by atoms with E-state index in [9.17, 15) is 0 Å². The van der Waals surface area contributed by atoms with Gasteiger partial charge in [-0.15, -0.1) is 0 Å². The minimum Gasteiger partial charge on any atom is -0.349 e. The zero-order valence-electron chi connectivity index (χ0n) is 11.8. The van der Waals surface area contributed by atoms with Crippen molar-refractivity contribution in [1.29, 1.82) is 0 Å². The number of hydrogen-bond donors (Lipinski definition) is 1. The third kappa shape index (κ3) is 3.04. The molecule has 0 spiro atoms. The topological polar surface area (TPSA) is 81.4 Å². The van der Waals surface area contributed by atoms with Gasteiger partial charge in [-0.25, -0.2) is 4.98 Å². The van der Waals surface area contributed by atoms with E-state index in [-0.39, 0.29) is 10.8 Å². The van der Waals surface area contributed by atoms with Gasteiger partial charge in [0.05, 0.1) is 0 Å². The number of nitrogens with one attached hydrogen (secondary N) is 1. The summed E-state index contributed by atoms with van der Waals surface area (Å²) in [7, 11) is 0. The molecule has 1 N–H and O–H groups in total. The van der Waals surface area contributed by atoms with Gasteiger partial charge in [-0.2, -0.15) is 24.7 Å². The van der Waals surface area contributed by atoms with Crippen molar-refractivity contribution in [2.45, 2.75) is 45.6 Å². The Hall–Kier alpha value is -1.76. The normalized spacial score (nSPS) is 11.6. The average molecular weight is 296 g/mol. The molecule has 108 valence electrons. The van der Waals surface area contributed by atoms with Crippen LogP contribution < -0.4 is 5.32 Å². The second kappa shape index (κ2) is 6.13. The van der Waals surface area contributed by atoms with Gasteiger partial charge in [0.25, 0.3) is 5.95 Å². The number of rotatable bonds is 6. The molecule has 0 aliphatic carbocycles. The predicted molar refractivity (Wildman–Crippen MR) is 77.0 cm³/mol. The van der Waals surface area contributed by atoms with Crippen LogP contribution in [0.2, 0.25) is 5.28 Å². The van der Waals surface area contributed by atoms with Crippen molar-refractivity contribution in [3.8, 4) is 5.95 Å². The first-order valence-corrected chi connectivity index (χ1v) is 7.05. The number of halogens is 1. The van der Waals surface area contributed by atoms with Crippen molar-refractivity contribution >= 4 is 17.5 Å². The number of anilines is 1. The molecule has 0 bridgehead atoms. The van der Waals surface area contributed by atoms with Crippen LogP contribution in [0.25, 0.3) is 5.95 Å². The van der Waals surface area contributed by atoms with Crippen LogP contribution in [0.4, 0.5) is 5.95 Å². The van der Waals surface area contributed by atoms with E-state index < -0.39 is 0 Å². The summed E-state index contributed by atoms with van der Waals surface area (Å²) >= 11 is 5.96. The molecular weight excluding hydrogens is 278 g/mol. The molecule has 0 radical (unpaired) electrons. The molecule has 0 atom stereocenters. The minimum absolute atomic E-state index is 0.0374. The summed E-state index contributed by atoms with van der Waals surface area (Å²) in [4.78, 5) is 16.4. The van der Waals surface area contributed by atoms with E-state index >= 15 is 0 Å². The molecule has 20 heavy (non-hydrogen) atoms. The van der Waals surface area contributed by atoms with Crippen LogP contribution in [0.15, 0.2) is 12.7 Å². The SMILES string of the molecule is CCC(CC)(CC)Nc1nc(Cl)nc(-n2cncn2)n1. The van der Waals surface area contributed by atoms with Crippen LogP contribution in [0, 0.1) is 0 Å². The molecule has 0 saturated carbocycles. The van der Waals surface area contributed by atoms with Crippen molar-refractivity contribution in [2.75, 3.05) is 5.32 Å². The van der Waals surface area contributed by atoms with E-state index in [1.807, 2.05) is 0 Å². The molecule has 0 amide bonds. The molecule has 2 rings (SSSR count). The Morgan fingerprint density at radius 3 is 2.40 bits per heavy atom. The van der Waals surface area contributed by atoms with E-state index in [1.165, 1.54) is 17.3 Å². The molecule has 0 aliphatic rings. The fraction of sp³-hybridized carbons (Fsp3) is 0.583. The van der Waals surface area contributed by atoms with E-state index in [1.54, 1.807) is 0 Å². The minimum atomic E-state index is -0.0374. The highest BCUT2D eigenvalue weighted by Gasteiger charge is 2.25. The van der Waals surface area contributed by atoms with Crippen molar-refractivity contribution in [3.63, 3.8) is 0 Å². The lowest BCUT2D eigenvalue weighted by Gasteiger charge is -2.31. The maximum Gasteiger partial charge on any atom is 0.258 e. The predicted octanol–water partition coefficient (Wildman–Crippen LogP) is 2.49. The molecule has 8 heteroatoms. The standard InChI is InChI=1S/C12H18ClN7/c1-4-12(5-2,6-3)19-10-16-9(13)17-11(18-10)20-8-14-7-15-20/h7-8H,4-6H2,1-3H3,(H,16,17,18,19). The second-order valence-corrected chi connectivity index (χ2v) is 4.87. The van der Waals surface area contributed by atoms with Crippen LogP contribution in [0.1, 0.15) is 40.0 Å². The second-order valence-electron chi connectivity index (χ2n) is 4.53. The Morgan fingerprint density at radius 1 is 1.15 bits per heavy atom. The summed E-state index contributed by atoms with van der Waals surface area (Å²) in [6, 6.07) is 0. The molecular formula is C12H18ClN7. The molecule has 7 nitrogen and oxygen atoms in total. The van der Waals surface area contributed by atoms with E-state index in [0.29, 0.717) is 11.9 Å². The summed E-state index contributed by atoms with van der Waals surface area (Å²) < 4.78 is 1.45. The van der Waals surface area contributed by atoms with E-state index in [2.05, 4.69) is 51.1 Å². The van der Waals surface area contributed by atoms with Crippen molar-refractivity contribution in [2.24, 2.45) is 0 Å². The van der Waals surface area contributed by atoms with Crippen LogP contribution in [0.5, 0.6) is 0 Å². The lowest BCUT2D eigenvalue weighted by molar-refractivity contribution is 0.417. The van der Waals surface area contributed by atoms with E-state index in [0.717, 1.165) is 19.3 Å². The lowest BCUT2D eigenvalue weighted by Crippen LogP contribution is -2.37. The molecule has 0 saturated heterocycles. The zero-order valence-corrected chi connectivity index (χ0v) is 12.6. The molecule has 2 heterocycles. The maximum absolute atomic E-state index is 5.96. The van der Waals surface area contributed by atoms with Gasteiger partial charge < -0.3 is 5.32 Å². The lowest BCUT2D eigenvalue weighted by atomic mass is 9.90. The fourth-order valence-electron chi connectivity index (χ4n) is 2.06. The first-order chi connectivity index (χ1) is 9.62. The third-order valence-electron chi connectivity index (χ3n) is 3.63. The fourth-order valence-corrected chi connectivity index (χ4v) is 2.22. The van der Waals surface area contributed by atoms with Crippen LogP contribution in [0.3, 0.4) is 0 Å². The van der Waals surface area contributed by atoms with Gasteiger partial charge in [0.2, 0.25) is 11.2 Å². The van der Waals surface area contributed by atoms with Gasteiger partial charge in [-0.1, -0.05) is 20.8 Å². The zero-order chi connectivity index (χ0) is 14.6.